The van der Waals surface area contributed by atoms with Crippen molar-refractivity contribution in [2.45, 2.75) is 0 Å². The number of aromatic nitrogens is 4. The van der Waals surface area contributed by atoms with Crippen LogP contribution in [-0.4, -0.2) is 19.5 Å². The molecule has 53 heavy (non-hydrogen) atoms. The van der Waals surface area contributed by atoms with Crippen LogP contribution in [0.3, 0.4) is 0 Å². The van der Waals surface area contributed by atoms with Crippen LogP contribution < -0.4 is 0 Å². The minimum absolute atomic E-state index is 0.644. The molecule has 4 aromatic heterocycles. The fourth-order valence-electron chi connectivity index (χ4n) is 8.23. The maximum Gasteiger partial charge on any atom is 0.164 e. The Balaban J connectivity index is 1.17. The summed E-state index contributed by atoms with van der Waals surface area (Å²) < 4.78 is 7.79. The highest BCUT2D eigenvalue weighted by atomic mass is 32.1. The second-order valence-corrected chi connectivity index (χ2v) is 15.7. The van der Waals surface area contributed by atoms with Crippen molar-refractivity contribution in [1.82, 2.24) is 19.5 Å². The first-order valence-electron chi connectivity index (χ1n) is 17.7. The molecule has 0 amide bonds. The van der Waals surface area contributed by atoms with Crippen LogP contribution in [0.5, 0.6) is 0 Å². The number of rotatable bonds is 4. The van der Waals surface area contributed by atoms with Crippen LogP contribution in [-0.2, 0) is 0 Å². The lowest BCUT2D eigenvalue weighted by Crippen LogP contribution is -2.01. The van der Waals surface area contributed by atoms with Crippen molar-refractivity contribution >= 4 is 95.6 Å². The molecule has 8 aromatic carbocycles. The predicted molar refractivity (Wildman–Crippen MR) is 225 cm³/mol. The van der Waals surface area contributed by atoms with Gasteiger partial charge in [-0.3, -0.25) is 0 Å². The van der Waals surface area contributed by atoms with Gasteiger partial charge in [0.15, 0.2) is 17.5 Å². The molecule has 12 aromatic rings. The van der Waals surface area contributed by atoms with E-state index >= 15 is 0 Å². The van der Waals surface area contributed by atoms with Crippen LogP contribution in [0.2, 0.25) is 0 Å². The molecule has 0 aliphatic carbocycles. The second kappa shape index (κ2) is 11.0. The average Bonchev–Trinajstić information content (AvgIpc) is 3.90. The van der Waals surface area contributed by atoms with Crippen LogP contribution in [0, 0.1) is 0 Å². The Labute approximate surface area is 311 Å². The van der Waals surface area contributed by atoms with Crippen molar-refractivity contribution < 1.29 is 0 Å². The van der Waals surface area contributed by atoms with Gasteiger partial charge < -0.3 is 4.57 Å². The quantitative estimate of drug-likeness (QED) is 0.171. The molecule has 0 atom stereocenters. The Morgan fingerprint density at radius 2 is 0.811 bits per heavy atom. The normalized spacial score (nSPS) is 12.2. The van der Waals surface area contributed by atoms with E-state index in [4.69, 9.17) is 15.0 Å². The fraction of sp³-hybridized carbons (Fsp3) is 0. The van der Waals surface area contributed by atoms with Gasteiger partial charge in [-0.1, -0.05) is 121 Å². The Morgan fingerprint density at radius 1 is 0.358 bits per heavy atom. The van der Waals surface area contributed by atoms with E-state index in [-0.39, 0.29) is 0 Å². The van der Waals surface area contributed by atoms with Gasteiger partial charge in [-0.05, 0) is 36.4 Å². The third kappa shape index (κ3) is 4.25. The topological polar surface area (TPSA) is 43.6 Å². The van der Waals surface area contributed by atoms with Gasteiger partial charge in [0, 0.05) is 84.3 Å². The first-order chi connectivity index (χ1) is 26.3. The van der Waals surface area contributed by atoms with E-state index in [9.17, 15) is 0 Å². The first kappa shape index (κ1) is 29.1. The van der Waals surface area contributed by atoms with E-state index in [1.807, 2.05) is 59.1 Å². The van der Waals surface area contributed by atoms with Crippen LogP contribution >= 0.6 is 22.7 Å². The summed E-state index contributed by atoms with van der Waals surface area (Å²) in [7, 11) is 0. The molecule has 4 nitrogen and oxygen atoms in total. The number of nitrogens with zero attached hydrogens (tertiary/aromatic N) is 4. The molecule has 0 spiro atoms. The van der Waals surface area contributed by atoms with E-state index in [1.165, 1.54) is 72.9 Å². The minimum atomic E-state index is 0.644. The molecule has 0 fully saturated rings. The molecule has 0 radical (unpaired) electrons. The fourth-order valence-corrected chi connectivity index (χ4v) is 10.7. The zero-order valence-corrected chi connectivity index (χ0v) is 29.7. The summed E-state index contributed by atoms with van der Waals surface area (Å²) in [5.74, 6) is 1.95. The van der Waals surface area contributed by atoms with Gasteiger partial charge in [0.1, 0.15) is 0 Å². The maximum atomic E-state index is 5.08. The van der Waals surface area contributed by atoms with E-state index in [0.717, 1.165) is 22.4 Å². The highest BCUT2D eigenvalue weighted by molar-refractivity contribution is 7.27. The van der Waals surface area contributed by atoms with Gasteiger partial charge in [-0.25, -0.2) is 15.0 Å². The van der Waals surface area contributed by atoms with Crippen LogP contribution in [0.15, 0.2) is 158 Å². The van der Waals surface area contributed by atoms with E-state index in [0.29, 0.717) is 17.5 Å². The summed E-state index contributed by atoms with van der Waals surface area (Å²) in [5, 5.41) is 10.5. The number of hydrogen-bond acceptors (Lipinski definition) is 5. The van der Waals surface area contributed by atoms with Gasteiger partial charge >= 0.3 is 0 Å². The molecule has 246 valence electrons. The van der Waals surface area contributed by atoms with Crippen molar-refractivity contribution in [3.05, 3.63) is 158 Å². The van der Waals surface area contributed by atoms with Crippen molar-refractivity contribution in [1.29, 1.82) is 0 Å². The maximum absolute atomic E-state index is 5.08. The smallest absolute Gasteiger partial charge is 0.164 e. The van der Waals surface area contributed by atoms with Gasteiger partial charge in [-0.2, -0.15) is 0 Å². The molecule has 6 heteroatoms. The molecule has 0 saturated heterocycles. The first-order valence-corrected chi connectivity index (χ1v) is 19.3. The Kier molecular flexibility index (Phi) is 6.06. The SMILES string of the molecule is c1ccc(-c2nc(-c3ccccc3)nc(-c3cccc(-n4c5cc6c7ccccc7sc6c6ccc7c8sc9ccccc9c8cc4c7c65)c3)n2)cc1. The van der Waals surface area contributed by atoms with Crippen molar-refractivity contribution in [2.75, 3.05) is 0 Å². The molecule has 0 N–H and O–H groups in total. The average molecular weight is 711 g/mol. The summed E-state index contributed by atoms with van der Waals surface area (Å²) in [5.41, 5.74) is 6.34. The van der Waals surface area contributed by atoms with E-state index in [1.54, 1.807) is 0 Å². The summed E-state index contributed by atoms with van der Waals surface area (Å²) in [6.07, 6.45) is 0. The highest BCUT2D eigenvalue weighted by Gasteiger charge is 2.24. The van der Waals surface area contributed by atoms with Crippen LogP contribution in [0.4, 0.5) is 0 Å². The van der Waals surface area contributed by atoms with Crippen LogP contribution in [0.25, 0.3) is 113 Å². The molecule has 0 aliphatic rings. The van der Waals surface area contributed by atoms with Crippen molar-refractivity contribution in [2.24, 2.45) is 0 Å². The van der Waals surface area contributed by atoms with Crippen molar-refractivity contribution in [3.8, 4) is 39.9 Å². The highest BCUT2D eigenvalue weighted by Crippen LogP contribution is 2.50. The van der Waals surface area contributed by atoms with E-state index in [2.05, 4.69) is 126 Å². The standard InChI is InChI=1S/C47H26N4S2/c1-3-12-27(13-4-1)45-48-46(28-14-5-2-6-15-28)50-47(49-45)29-16-11-17-30(24-29)51-37-25-35-31-18-7-9-20-39(31)52-43(35)33-22-23-34-42(41(33)37)38(51)26-36-32-19-8-10-21-40(32)53-44(34)36/h1-26H. The molecule has 0 saturated carbocycles. The van der Waals surface area contributed by atoms with Crippen LogP contribution in [0.1, 0.15) is 0 Å². The van der Waals surface area contributed by atoms with Gasteiger partial charge in [0.05, 0.1) is 11.0 Å². The minimum Gasteiger partial charge on any atom is -0.309 e. The molecule has 4 heterocycles. The lowest BCUT2D eigenvalue weighted by Gasteiger charge is -2.12. The summed E-state index contributed by atoms with van der Waals surface area (Å²) >= 11 is 3.79. The van der Waals surface area contributed by atoms with Gasteiger partial charge in [0.25, 0.3) is 0 Å². The lowest BCUT2D eigenvalue weighted by molar-refractivity contribution is 1.07. The monoisotopic (exact) mass is 710 g/mol. The second-order valence-electron chi connectivity index (χ2n) is 13.6. The number of benzene rings is 8. The predicted octanol–water partition coefficient (Wildman–Crippen LogP) is 13.3. The van der Waals surface area contributed by atoms with Crippen molar-refractivity contribution in [3.63, 3.8) is 0 Å². The molecule has 12 rings (SSSR count). The Morgan fingerprint density at radius 3 is 1.34 bits per heavy atom. The Bertz CT molecular complexity index is 3190. The largest absolute Gasteiger partial charge is 0.309 e. The molecular formula is C47H26N4S2. The van der Waals surface area contributed by atoms with Gasteiger partial charge in [0.2, 0.25) is 0 Å². The molecule has 0 bridgehead atoms. The summed E-state index contributed by atoms with van der Waals surface area (Å²) in [6, 6.07) is 56.2. The number of thiophene rings is 2. The number of fused-ring (bicyclic) bond motifs is 8. The third-order valence-electron chi connectivity index (χ3n) is 10.6. The Hall–Kier alpha value is -6.47. The third-order valence-corrected chi connectivity index (χ3v) is 13.0. The molecule has 0 aliphatic heterocycles. The lowest BCUT2D eigenvalue weighted by atomic mass is 9.98. The summed E-state index contributed by atoms with van der Waals surface area (Å²) in [6.45, 7) is 0. The number of hydrogen-bond donors (Lipinski definition) is 0. The van der Waals surface area contributed by atoms with E-state index < -0.39 is 0 Å². The zero-order chi connectivity index (χ0) is 34.6. The molecular weight excluding hydrogens is 685 g/mol. The van der Waals surface area contributed by atoms with Gasteiger partial charge in [-0.15, -0.1) is 22.7 Å². The zero-order valence-electron chi connectivity index (χ0n) is 28.1. The summed E-state index contributed by atoms with van der Waals surface area (Å²) in [4.78, 5) is 15.1. The molecule has 0 unspecified atom stereocenters.